The van der Waals surface area contributed by atoms with Gasteiger partial charge in [-0.05, 0) is 32.1 Å². The van der Waals surface area contributed by atoms with Crippen molar-refractivity contribution in [1.82, 2.24) is 10.2 Å². The van der Waals surface area contributed by atoms with Gasteiger partial charge in [-0.2, -0.15) is 0 Å². The molecule has 2 amide bonds. The number of amides is 2. The van der Waals surface area contributed by atoms with Crippen molar-refractivity contribution in [3.8, 4) is 0 Å². The van der Waals surface area contributed by atoms with Gasteiger partial charge < -0.3 is 10.2 Å². The zero-order valence-corrected chi connectivity index (χ0v) is 11.5. The van der Waals surface area contributed by atoms with E-state index in [2.05, 4.69) is 5.32 Å². The molecular formula is C14H23FN2O2. The van der Waals surface area contributed by atoms with Crippen LogP contribution in [0.25, 0.3) is 0 Å². The summed E-state index contributed by atoms with van der Waals surface area (Å²) in [5.41, 5.74) is 0. The van der Waals surface area contributed by atoms with Gasteiger partial charge in [-0.15, -0.1) is 0 Å². The number of carbonyl (C=O) groups excluding carboxylic acids is 2. The highest BCUT2D eigenvalue weighted by molar-refractivity contribution is 5.96. The third kappa shape index (κ3) is 3.07. The molecule has 1 aliphatic carbocycles. The fourth-order valence-corrected chi connectivity index (χ4v) is 3.17. The van der Waals surface area contributed by atoms with E-state index in [-0.39, 0.29) is 23.8 Å². The van der Waals surface area contributed by atoms with Crippen LogP contribution in [-0.2, 0) is 9.59 Å². The van der Waals surface area contributed by atoms with Gasteiger partial charge in [0.2, 0.25) is 11.8 Å². The van der Waals surface area contributed by atoms with Crippen molar-refractivity contribution in [2.45, 2.75) is 57.5 Å². The van der Waals surface area contributed by atoms with Crippen LogP contribution in [-0.4, -0.2) is 42.0 Å². The second-order valence-electron chi connectivity index (χ2n) is 5.63. The first kappa shape index (κ1) is 14.3. The van der Waals surface area contributed by atoms with Crippen molar-refractivity contribution in [2.24, 2.45) is 5.92 Å². The zero-order chi connectivity index (χ0) is 13.8. The molecule has 0 bridgehead atoms. The average molecular weight is 270 g/mol. The maximum Gasteiger partial charge on any atom is 0.246 e. The van der Waals surface area contributed by atoms with E-state index in [1.807, 2.05) is 0 Å². The lowest BCUT2D eigenvalue weighted by Gasteiger charge is -2.41. The Morgan fingerprint density at radius 3 is 2.58 bits per heavy atom. The molecule has 0 radical (unpaired) electrons. The molecule has 1 N–H and O–H groups in total. The van der Waals surface area contributed by atoms with E-state index in [0.29, 0.717) is 13.0 Å². The lowest BCUT2D eigenvalue weighted by atomic mass is 9.82. The molecule has 2 fully saturated rings. The number of piperazine rings is 1. The van der Waals surface area contributed by atoms with E-state index in [1.165, 1.54) is 6.42 Å². The van der Waals surface area contributed by atoms with E-state index < -0.39 is 12.7 Å². The van der Waals surface area contributed by atoms with Gasteiger partial charge >= 0.3 is 0 Å². The van der Waals surface area contributed by atoms with Gasteiger partial charge in [0.25, 0.3) is 0 Å². The molecule has 2 aliphatic rings. The van der Waals surface area contributed by atoms with Crippen LogP contribution in [0.15, 0.2) is 0 Å². The first-order valence-electron chi connectivity index (χ1n) is 7.32. The van der Waals surface area contributed by atoms with E-state index in [9.17, 15) is 14.0 Å². The maximum atomic E-state index is 12.5. The van der Waals surface area contributed by atoms with Crippen molar-refractivity contribution in [2.75, 3.05) is 13.2 Å². The largest absolute Gasteiger partial charge is 0.342 e. The average Bonchev–Trinajstić information content (AvgIpc) is 2.44. The Morgan fingerprint density at radius 2 is 1.95 bits per heavy atom. The van der Waals surface area contributed by atoms with Crippen LogP contribution in [0, 0.1) is 5.92 Å². The minimum absolute atomic E-state index is 0.0209. The number of rotatable bonds is 4. The highest BCUT2D eigenvalue weighted by Crippen LogP contribution is 2.29. The molecule has 1 aliphatic heterocycles. The first-order chi connectivity index (χ1) is 9.15. The summed E-state index contributed by atoms with van der Waals surface area (Å²) in [6.07, 6.45) is 5.78. The summed E-state index contributed by atoms with van der Waals surface area (Å²) in [7, 11) is 0. The van der Waals surface area contributed by atoms with Crippen LogP contribution in [0.1, 0.15) is 45.4 Å². The second kappa shape index (κ2) is 6.35. The van der Waals surface area contributed by atoms with Crippen LogP contribution in [0.3, 0.4) is 0 Å². The molecule has 0 spiro atoms. The Bertz CT molecular complexity index is 342. The predicted octanol–water partition coefficient (Wildman–Crippen LogP) is 1.64. The molecular weight excluding hydrogens is 247 g/mol. The van der Waals surface area contributed by atoms with Crippen molar-refractivity contribution >= 4 is 11.8 Å². The Hall–Kier alpha value is -1.13. The Morgan fingerprint density at radius 1 is 1.26 bits per heavy atom. The quantitative estimate of drug-likeness (QED) is 0.844. The van der Waals surface area contributed by atoms with Crippen LogP contribution in [0.2, 0.25) is 0 Å². The molecule has 2 unspecified atom stereocenters. The lowest BCUT2D eigenvalue weighted by molar-refractivity contribution is -0.150. The van der Waals surface area contributed by atoms with E-state index in [4.69, 9.17) is 0 Å². The van der Waals surface area contributed by atoms with Crippen LogP contribution >= 0.6 is 0 Å². The summed E-state index contributed by atoms with van der Waals surface area (Å²) in [4.78, 5) is 26.0. The van der Waals surface area contributed by atoms with Gasteiger partial charge in [-0.3, -0.25) is 14.0 Å². The third-order valence-electron chi connectivity index (χ3n) is 4.35. The molecule has 1 heterocycles. The summed E-state index contributed by atoms with van der Waals surface area (Å²) in [6.45, 7) is 1.60. The van der Waals surface area contributed by atoms with Gasteiger partial charge in [-0.1, -0.05) is 19.3 Å². The van der Waals surface area contributed by atoms with Crippen molar-refractivity contribution in [3.05, 3.63) is 0 Å². The van der Waals surface area contributed by atoms with Gasteiger partial charge in [0.1, 0.15) is 12.1 Å². The molecule has 19 heavy (non-hydrogen) atoms. The smallest absolute Gasteiger partial charge is 0.246 e. The summed E-state index contributed by atoms with van der Waals surface area (Å²) < 4.78 is 12.3. The topological polar surface area (TPSA) is 49.4 Å². The SMILES string of the molecule is CC1C(=O)NC(C2CCCCC2)C(=O)N1CCCF. The van der Waals surface area contributed by atoms with Gasteiger partial charge in [0, 0.05) is 6.54 Å². The fraction of sp³-hybridized carbons (Fsp3) is 0.857. The molecule has 1 saturated carbocycles. The maximum absolute atomic E-state index is 12.5. The van der Waals surface area contributed by atoms with Gasteiger partial charge in [-0.25, -0.2) is 0 Å². The van der Waals surface area contributed by atoms with Crippen molar-refractivity contribution in [1.29, 1.82) is 0 Å². The fourth-order valence-electron chi connectivity index (χ4n) is 3.17. The first-order valence-corrected chi connectivity index (χ1v) is 7.32. The summed E-state index contributed by atoms with van der Waals surface area (Å²) >= 11 is 0. The minimum atomic E-state index is -0.473. The molecule has 0 aromatic rings. The van der Waals surface area contributed by atoms with Crippen LogP contribution < -0.4 is 5.32 Å². The Balaban J connectivity index is 2.07. The van der Waals surface area contributed by atoms with Crippen molar-refractivity contribution in [3.63, 3.8) is 0 Å². The van der Waals surface area contributed by atoms with Gasteiger partial charge in [0.15, 0.2) is 0 Å². The number of hydrogen-bond donors (Lipinski definition) is 1. The number of nitrogens with zero attached hydrogens (tertiary/aromatic N) is 1. The molecule has 2 atom stereocenters. The molecule has 0 aromatic heterocycles. The number of hydrogen-bond acceptors (Lipinski definition) is 2. The van der Waals surface area contributed by atoms with E-state index in [1.54, 1.807) is 11.8 Å². The lowest BCUT2D eigenvalue weighted by Crippen LogP contribution is -2.64. The van der Waals surface area contributed by atoms with Crippen LogP contribution in [0.4, 0.5) is 4.39 Å². The number of nitrogens with one attached hydrogen (secondary N) is 1. The highest BCUT2D eigenvalue weighted by Gasteiger charge is 2.41. The molecule has 4 nitrogen and oxygen atoms in total. The normalized spacial score (nSPS) is 29.5. The second-order valence-corrected chi connectivity index (χ2v) is 5.63. The summed E-state index contributed by atoms with van der Waals surface area (Å²) in [6, 6.07) is -0.859. The van der Waals surface area contributed by atoms with E-state index in [0.717, 1.165) is 25.7 Å². The number of halogens is 1. The van der Waals surface area contributed by atoms with E-state index >= 15 is 0 Å². The minimum Gasteiger partial charge on any atom is -0.342 e. The zero-order valence-electron chi connectivity index (χ0n) is 11.5. The summed E-state index contributed by atoms with van der Waals surface area (Å²) in [5, 5.41) is 2.87. The molecule has 5 heteroatoms. The standard InChI is InChI=1S/C14H23FN2O2/c1-10-13(18)16-12(11-6-3-2-4-7-11)14(19)17(10)9-5-8-15/h10-12H,2-9H2,1H3,(H,16,18). The molecule has 2 rings (SSSR count). The van der Waals surface area contributed by atoms with Gasteiger partial charge in [0.05, 0.1) is 6.67 Å². The van der Waals surface area contributed by atoms with Crippen LogP contribution in [0.5, 0.6) is 0 Å². The monoisotopic (exact) mass is 270 g/mol. The molecule has 1 saturated heterocycles. The highest BCUT2D eigenvalue weighted by atomic mass is 19.1. The number of carbonyl (C=O) groups is 2. The number of alkyl halides is 1. The Kier molecular flexibility index (Phi) is 4.77. The molecule has 0 aromatic carbocycles. The predicted molar refractivity (Wildman–Crippen MR) is 70.3 cm³/mol. The molecule has 108 valence electrons. The van der Waals surface area contributed by atoms with Crippen molar-refractivity contribution < 1.29 is 14.0 Å². The Labute approximate surface area is 113 Å². The third-order valence-corrected chi connectivity index (χ3v) is 4.35. The summed E-state index contributed by atoms with van der Waals surface area (Å²) in [5.74, 6) is 0.132.